The van der Waals surface area contributed by atoms with Crippen LogP contribution in [0.2, 0.25) is 0 Å². The van der Waals surface area contributed by atoms with Gasteiger partial charge in [0.2, 0.25) is 0 Å². The highest BCUT2D eigenvalue weighted by atomic mass is 79.9. The van der Waals surface area contributed by atoms with Crippen molar-refractivity contribution in [1.29, 1.82) is 0 Å². The summed E-state index contributed by atoms with van der Waals surface area (Å²) in [6, 6.07) is 5.65. The minimum Gasteiger partial charge on any atom is -0.491 e. The highest BCUT2D eigenvalue weighted by molar-refractivity contribution is 9.10. The van der Waals surface area contributed by atoms with Crippen LogP contribution in [0.4, 0.5) is 4.79 Å². The third kappa shape index (κ3) is 7.34. The Morgan fingerprint density at radius 2 is 2.00 bits per heavy atom. The first-order valence-corrected chi connectivity index (χ1v) is 7.48. The van der Waals surface area contributed by atoms with Crippen LogP contribution in [0.15, 0.2) is 22.7 Å². The molecular weight excluding hydrogens is 338 g/mol. The number of hydrogen-bond acceptors (Lipinski definition) is 4. The molecule has 0 unspecified atom stereocenters. The Morgan fingerprint density at radius 1 is 1.29 bits per heavy atom. The average Bonchev–Trinajstić information content (AvgIpc) is 2.36. The van der Waals surface area contributed by atoms with Crippen molar-refractivity contribution >= 4 is 22.0 Å². The molecule has 1 aromatic rings. The van der Waals surface area contributed by atoms with Crippen LogP contribution in [0, 0.1) is 0 Å². The second-order valence-corrected chi connectivity index (χ2v) is 6.36. The van der Waals surface area contributed by atoms with Crippen molar-refractivity contribution in [3.05, 3.63) is 28.2 Å². The Balaban J connectivity index is 2.63. The van der Waals surface area contributed by atoms with Crippen LogP contribution in [0.1, 0.15) is 26.3 Å². The smallest absolute Gasteiger partial charge is 0.407 e. The van der Waals surface area contributed by atoms with Crippen LogP contribution < -0.4 is 10.1 Å². The zero-order valence-electron chi connectivity index (χ0n) is 12.9. The Kier molecular flexibility index (Phi) is 6.98. The van der Waals surface area contributed by atoms with E-state index in [-0.39, 0.29) is 0 Å². The lowest BCUT2D eigenvalue weighted by atomic mass is 10.2. The first-order valence-electron chi connectivity index (χ1n) is 6.69. The molecule has 1 aromatic carbocycles. The second-order valence-electron chi connectivity index (χ2n) is 5.45. The summed E-state index contributed by atoms with van der Waals surface area (Å²) in [6.07, 6.45) is -0.451. The number of nitrogens with one attached hydrogen (secondary N) is 1. The third-order valence-corrected chi connectivity index (χ3v) is 2.89. The van der Waals surface area contributed by atoms with Gasteiger partial charge in [-0.15, -0.1) is 0 Å². The molecule has 6 heteroatoms. The molecule has 0 radical (unpaired) electrons. The van der Waals surface area contributed by atoms with Gasteiger partial charge >= 0.3 is 6.09 Å². The summed E-state index contributed by atoms with van der Waals surface area (Å²) in [4.78, 5) is 11.7. The molecule has 1 N–H and O–H groups in total. The van der Waals surface area contributed by atoms with E-state index < -0.39 is 11.7 Å². The molecule has 0 spiro atoms. The van der Waals surface area contributed by atoms with E-state index in [1.165, 1.54) is 0 Å². The summed E-state index contributed by atoms with van der Waals surface area (Å²) in [6.45, 7) is 6.77. The van der Waals surface area contributed by atoms with E-state index >= 15 is 0 Å². The number of methoxy groups -OCH3 is 1. The van der Waals surface area contributed by atoms with Crippen LogP contribution in [0.3, 0.4) is 0 Å². The number of halogens is 1. The topological polar surface area (TPSA) is 56.8 Å². The normalized spacial score (nSPS) is 11.1. The number of amides is 1. The molecule has 0 aliphatic heterocycles. The molecule has 0 aliphatic carbocycles. The lowest BCUT2D eigenvalue weighted by molar-refractivity contribution is 0.0523. The molecule has 0 bridgehead atoms. The monoisotopic (exact) mass is 359 g/mol. The number of carbonyl (C=O) groups is 1. The van der Waals surface area contributed by atoms with E-state index in [9.17, 15) is 4.79 Å². The maximum atomic E-state index is 11.7. The number of carbonyl (C=O) groups excluding carboxylic acids is 1. The Morgan fingerprint density at radius 3 is 2.62 bits per heavy atom. The van der Waals surface area contributed by atoms with Gasteiger partial charge in [-0.1, -0.05) is 22.0 Å². The maximum Gasteiger partial charge on any atom is 0.407 e. The molecule has 0 saturated carbocycles. The lowest BCUT2D eigenvalue weighted by Gasteiger charge is -2.20. The molecule has 0 saturated heterocycles. The van der Waals surface area contributed by atoms with Gasteiger partial charge < -0.3 is 19.5 Å². The number of hydrogen-bond donors (Lipinski definition) is 1. The van der Waals surface area contributed by atoms with E-state index in [0.29, 0.717) is 25.5 Å². The number of benzene rings is 1. The van der Waals surface area contributed by atoms with E-state index in [1.54, 1.807) is 7.11 Å². The van der Waals surface area contributed by atoms with Crippen LogP contribution in [-0.2, 0) is 16.0 Å². The summed E-state index contributed by atoms with van der Waals surface area (Å²) in [5.74, 6) is 0.706. The first-order chi connectivity index (χ1) is 9.81. The zero-order valence-corrected chi connectivity index (χ0v) is 14.5. The molecule has 5 nitrogen and oxygen atoms in total. The lowest BCUT2D eigenvalue weighted by Crippen LogP contribution is -2.32. The van der Waals surface area contributed by atoms with Gasteiger partial charge in [-0.2, -0.15) is 0 Å². The van der Waals surface area contributed by atoms with Crippen molar-refractivity contribution in [2.75, 3.05) is 20.3 Å². The molecule has 1 rings (SSSR count). The average molecular weight is 360 g/mol. The van der Waals surface area contributed by atoms with Crippen LogP contribution in [0.25, 0.3) is 0 Å². The largest absolute Gasteiger partial charge is 0.491 e. The predicted octanol–water partition coefficient (Wildman–Crippen LogP) is 3.50. The minimum atomic E-state index is -0.512. The summed E-state index contributed by atoms with van der Waals surface area (Å²) in [7, 11) is 1.62. The van der Waals surface area contributed by atoms with Crippen molar-refractivity contribution < 1.29 is 19.0 Å². The van der Waals surface area contributed by atoms with Crippen LogP contribution in [0.5, 0.6) is 5.75 Å². The van der Waals surface area contributed by atoms with E-state index in [2.05, 4.69) is 21.2 Å². The van der Waals surface area contributed by atoms with Gasteiger partial charge in [0.15, 0.2) is 0 Å². The fourth-order valence-electron chi connectivity index (χ4n) is 1.53. The summed E-state index contributed by atoms with van der Waals surface area (Å²) < 4.78 is 16.7. The Bertz CT molecular complexity index is 471. The van der Waals surface area contributed by atoms with Gasteiger partial charge in [-0.05, 0) is 32.9 Å². The Hall–Kier alpha value is -1.27. The molecule has 118 valence electrons. The quantitative estimate of drug-likeness (QED) is 0.789. The summed E-state index contributed by atoms with van der Waals surface area (Å²) in [5.41, 5.74) is 0.363. The van der Waals surface area contributed by atoms with E-state index in [4.69, 9.17) is 14.2 Å². The number of alkyl carbamates (subject to hydrolysis) is 1. The van der Waals surface area contributed by atoms with Gasteiger partial charge in [0.1, 0.15) is 18.0 Å². The maximum absolute atomic E-state index is 11.7. The van der Waals surface area contributed by atoms with Gasteiger partial charge in [0.25, 0.3) is 0 Å². The zero-order chi connectivity index (χ0) is 15.9. The van der Waals surface area contributed by atoms with Crippen molar-refractivity contribution in [3.8, 4) is 5.75 Å². The summed E-state index contributed by atoms with van der Waals surface area (Å²) >= 11 is 3.40. The van der Waals surface area contributed by atoms with E-state index in [0.717, 1.165) is 10.0 Å². The molecule has 1 amide bonds. The van der Waals surface area contributed by atoms with Gasteiger partial charge in [0, 0.05) is 23.7 Å². The highest BCUT2D eigenvalue weighted by Crippen LogP contribution is 2.24. The van der Waals surface area contributed by atoms with Gasteiger partial charge in [0.05, 0.1) is 6.61 Å². The molecule has 0 atom stereocenters. The van der Waals surface area contributed by atoms with Crippen LogP contribution >= 0.6 is 15.9 Å². The number of rotatable bonds is 6. The fourth-order valence-corrected chi connectivity index (χ4v) is 1.87. The van der Waals surface area contributed by atoms with Crippen molar-refractivity contribution in [3.63, 3.8) is 0 Å². The molecule has 0 aromatic heterocycles. The first kappa shape index (κ1) is 17.8. The molecule has 0 fully saturated rings. The highest BCUT2D eigenvalue weighted by Gasteiger charge is 2.16. The van der Waals surface area contributed by atoms with Crippen molar-refractivity contribution in [2.24, 2.45) is 0 Å². The predicted molar refractivity (Wildman–Crippen MR) is 84.6 cm³/mol. The molecule has 0 aliphatic rings. The van der Waals surface area contributed by atoms with Crippen molar-refractivity contribution in [1.82, 2.24) is 5.32 Å². The molecule has 0 heterocycles. The molecule has 21 heavy (non-hydrogen) atoms. The minimum absolute atomic E-state index is 0.338. The summed E-state index contributed by atoms with van der Waals surface area (Å²) in [5, 5.41) is 2.72. The number of ether oxygens (including phenoxy) is 3. The standard InChI is InChI=1S/C15H22BrNO4/c1-15(2,3)21-14(18)17-10-11-5-6-12(16)9-13(11)20-8-7-19-4/h5-6,9H,7-8,10H2,1-4H3,(H,17,18). The molecular formula is C15H22BrNO4. The second kappa shape index (κ2) is 8.24. The third-order valence-electron chi connectivity index (χ3n) is 2.40. The Labute approximate surface area is 134 Å². The van der Waals surface area contributed by atoms with Crippen molar-refractivity contribution in [2.45, 2.75) is 32.9 Å². The van der Waals surface area contributed by atoms with Gasteiger partial charge in [-0.3, -0.25) is 0 Å². The SMILES string of the molecule is COCCOc1cc(Br)ccc1CNC(=O)OC(C)(C)C. The van der Waals surface area contributed by atoms with Gasteiger partial charge in [-0.25, -0.2) is 4.79 Å². The van der Waals surface area contributed by atoms with Crippen LogP contribution in [-0.4, -0.2) is 32.0 Å². The van der Waals surface area contributed by atoms with E-state index in [1.807, 2.05) is 39.0 Å². The fraction of sp³-hybridized carbons (Fsp3) is 0.533.